The van der Waals surface area contributed by atoms with Gasteiger partial charge in [0.2, 0.25) is 0 Å². The number of carboxylic acids is 1. The Labute approximate surface area is 128 Å². The predicted molar refractivity (Wildman–Crippen MR) is 82.1 cm³/mol. The maximum Gasteiger partial charge on any atom is 0.303 e. The van der Waals surface area contributed by atoms with Crippen molar-refractivity contribution in [3.63, 3.8) is 0 Å². The summed E-state index contributed by atoms with van der Waals surface area (Å²) in [7, 11) is 0. The van der Waals surface area contributed by atoms with Crippen LogP contribution in [0.2, 0.25) is 0 Å². The molecule has 3 unspecified atom stereocenters. The van der Waals surface area contributed by atoms with Gasteiger partial charge in [-0.2, -0.15) is 0 Å². The lowest BCUT2D eigenvalue weighted by molar-refractivity contribution is -0.137. The Morgan fingerprint density at radius 3 is 2.10 bits per heavy atom. The molecule has 21 heavy (non-hydrogen) atoms. The van der Waals surface area contributed by atoms with E-state index in [2.05, 4.69) is 6.92 Å². The standard InChI is InChI=1S/C16H32O5/c1-2-3-4-6-9-13(17)12-15(19)14(18)10-7-5-8-11-16(20)21/h13-15,17-19H,2-12H2,1H3,(H,20,21). The molecule has 0 rings (SSSR count). The number of carbonyl (C=O) groups is 1. The van der Waals surface area contributed by atoms with Crippen molar-refractivity contribution < 1.29 is 25.2 Å². The molecule has 5 nitrogen and oxygen atoms in total. The van der Waals surface area contributed by atoms with Crippen molar-refractivity contribution in [2.24, 2.45) is 0 Å². The third-order valence-electron chi connectivity index (χ3n) is 3.74. The van der Waals surface area contributed by atoms with Crippen LogP contribution < -0.4 is 0 Å². The molecule has 0 aliphatic carbocycles. The highest BCUT2D eigenvalue weighted by molar-refractivity contribution is 5.66. The minimum absolute atomic E-state index is 0.148. The van der Waals surface area contributed by atoms with Crippen LogP contribution in [0.1, 0.15) is 77.6 Å². The Kier molecular flexibility index (Phi) is 12.6. The SMILES string of the molecule is CCCCCCC(O)CC(O)C(O)CCCCCC(=O)O. The highest BCUT2D eigenvalue weighted by Gasteiger charge is 2.19. The molecule has 5 heteroatoms. The second-order valence-corrected chi connectivity index (χ2v) is 5.87. The zero-order valence-corrected chi connectivity index (χ0v) is 13.2. The molecule has 0 aromatic heterocycles. The fraction of sp³-hybridized carbons (Fsp3) is 0.938. The van der Waals surface area contributed by atoms with Gasteiger partial charge in [0.1, 0.15) is 0 Å². The van der Waals surface area contributed by atoms with Crippen LogP contribution in [0.25, 0.3) is 0 Å². The summed E-state index contributed by atoms with van der Waals surface area (Å²) in [6.07, 6.45) is 5.57. The van der Waals surface area contributed by atoms with Gasteiger partial charge in [0.15, 0.2) is 0 Å². The van der Waals surface area contributed by atoms with Gasteiger partial charge < -0.3 is 20.4 Å². The summed E-state index contributed by atoms with van der Waals surface area (Å²) in [6, 6.07) is 0. The van der Waals surface area contributed by atoms with E-state index in [-0.39, 0.29) is 12.8 Å². The molecule has 0 saturated heterocycles. The predicted octanol–water partition coefficient (Wildman–Crippen LogP) is 2.46. The van der Waals surface area contributed by atoms with E-state index in [0.717, 1.165) is 32.1 Å². The van der Waals surface area contributed by atoms with Crippen molar-refractivity contribution in [1.82, 2.24) is 0 Å². The van der Waals surface area contributed by atoms with Gasteiger partial charge in [-0.05, 0) is 19.3 Å². The van der Waals surface area contributed by atoms with Gasteiger partial charge in [0, 0.05) is 12.8 Å². The monoisotopic (exact) mass is 304 g/mol. The van der Waals surface area contributed by atoms with Crippen LogP contribution in [0.4, 0.5) is 0 Å². The van der Waals surface area contributed by atoms with E-state index in [4.69, 9.17) is 5.11 Å². The van der Waals surface area contributed by atoms with E-state index >= 15 is 0 Å². The van der Waals surface area contributed by atoms with Gasteiger partial charge in [0.25, 0.3) is 0 Å². The van der Waals surface area contributed by atoms with Crippen LogP contribution in [0, 0.1) is 0 Å². The molecule has 0 radical (unpaired) electrons. The molecule has 0 bridgehead atoms. The van der Waals surface area contributed by atoms with Crippen molar-refractivity contribution in [1.29, 1.82) is 0 Å². The Morgan fingerprint density at radius 2 is 1.48 bits per heavy atom. The third kappa shape index (κ3) is 12.8. The summed E-state index contributed by atoms with van der Waals surface area (Å²) in [6.45, 7) is 2.13. The number of unbranched alkanes of at least 4 members (excludes halogenated alkanes) is 5. The Morgan fingerprint density at radius 1 is 0.857 bits per heavy atom. The number of rotatable bonds is 14. The zero-order valence-electron chi connectivity index (χ0n) is 13.2. The van der Waals surface area contributed by atoms with Gasteiger partial charge in [-0.1, -0.05) is 45.4 Å². The Bertz CT molecular complexity index is 257. The van der Waals surface area contributed by atoms with E-state index in [0.29, 0.717) is 25.7 Å². The topological polar surface area (TPSA) is 98.0 Å². The number of aliphatic hydroxyl groups is 3. The second-order valence-electron chi connectivity index (χ2n) is 5.87. The number of aliphatic carboxylic acids is 1. The molecule has 0 heterocycles. The fourth-order valence-corrected chi connectivity index (χ4v) is 2.36. The minimum Gasteiger partial charge on any atom is -0.481 e. The van der Waals surface area contributed by atoms with E-state index in [1.807, 2.05) is 0 Å². The van der Waals surface area contributed by atoms with Gasteiger partial charge in [-0.15, -0.1) is 0 Å². The molecule has 3 atom stereocenters. The first kappa shape index (κ1) is 20.3. The van der Waals surface area contributed by atoms with E-state index in [9.17, 15) is 20.1 Å². The molecule has 0 fully saturated rings. The normalized spacial score (nSPS) is 15.6. The summed E-state index contributed by atoms with van der Waals surface area (Å²) in [5.74, 6) is -0.804. The van der Waals surface area contributed by atoms with Crippen molar-refractivity contribution >= 4 is 5.97 Å². The summed E-state index contributed by atoms with van der Waals surface area (Å²) in [4.78, 5) is 10.3. The lowest BCUT2D eigenvalue weighted by Crippen LogP contribution is -2.30. The summed E-state index contributed by atoms with van der Waals surface area (Å²) in [5.41, 5.74) is 0. The number of carboxylic acid groups (broad SMARTS) is 1. The molecule has 0 amide bonds. The average molecular weight is 304 g/mol. The number of aliphatic hydroxyl groups excluding tert-OH is 3. The second kappa shape index (κ2) is 13.0. The smallest absolute Gasteiger partial charge is 0.303 e. The van der Waals surface area contributed by atoms with Crippen molar-refractivity contribution in [2.75, 3.05) is 0 Å². The molecule has 0 aromatic carbocycles. The quantitative estimate of drug-likeness (QED) is 0.370. The average Bonchev–Trinajstić information content (AvgIpc) is 2.42. The first-order chi connectivity index (χ1) is 9.97. The molecular formula is C16H32O5. The molecule has 0 spiro atoms. The van der Waals surface area contributed by atoms with Crippen molar-refractivity contribution in [3.8, 4) is 0 Å². The maximum absolute atomic E-state index is 10.3. The van der Waals surface area contributed by atoms with Crippen LogP contribution >= 0.6 is 0 Å². The lowest BCUT2D eigenvalue weighted by Gasteiger charge is -2.20. The number of hydrogen-bond donors (Lipinski definition) is 4. The first-order valence-electron chi connectivity index (χ1n) is 8.23. The first-order valence-corrected chi connectivity index (χ1v) is 8.23. The summed E-state index contributed by atoms with van der Waals surface area (Å²) in [5, 5.41) is 37.9. The van der Waals surface area contributed by atoms with Crippen LogP contribution in [0.5, 0.6) is 0 Å². The molecule has 4 N–H and O–H groups in total. The van der Waals surface area contributed by atoms with Gasteiger partial charge in [-0.3, -0.25) is 4.79 Å². The van der Waals surface area contributed by atoms with E-state index in [1.165, 1.54) is 0 Å². The van der Waals surface area contributed by atoms with Gasteiger partial charge in [0.05, 0.1) is 18.3 Å². The molecule has 0 aliphatic rings. The fourth-order valence-electron chi connectivity index (χ4n) is 2.36. The molecular weight excluding hydrogens is 272 g/mol. The lowest BCUT2D eigenvalue weighted by atomic mass is 9.98. The molecule has 126 valence electrons. The summed E-state index contributed by atoms with van der Waals surface area (Å²) < 4.78 is 0. The summed E-state index contributed by atoms with van der Waals surface area (Å²) >= 11 is 0. The van der Waals surface area contributed by atoms with Crippen LogP contribution in [0.15, 0.2) is 0 Å². The maximum atomic E-state index is 10.3. The zero-order chi connectivity index (χ0) is 16.1. The minimum atomic E-state index is -0.898. The highest BCUT2D eigenvalue weighted by Crippen LogP contribution is 2.15. The molecule has 0 saturated carbocycles. The van der Waals surface area contributed by atoms with Crippen molar-refractivity contribution in [2.45, 2.75) is 95.9 Å². The van der Waals surface area contributed by atoms with Crippen LogP contribution in [-0.2, 0) is 4.79 Å². The van der Waals surface area contributed by atoms with E-state index in [1.54, 1.807) is 0 Å². The largest absolute Gasteiger partial charge is 0.481 e. The van der Waals surface area contributed by atoms with Gasteiger partial charge in [-0.25, -0.2) is 0 Å². The Balaban J connectivity index is 3.63. The Hall–Kier alpha value is -0.650. The van der Waals surface area contributed by atoms with Crippen LogP contribution in [-0.4, -0.2) is 44.7 Å². The van der Waals surface area contributed by atoms with Gasteiger partial charge >= 0.3 is 5.97 Å². The van der Waals surface area contributed by atoms with Crippen molar-refractivity contribution in [3.05, 3.63) is 0 Å². The highest BCUT2D eigenvalue weighted by atomic mass is 16.4. The van der Waals surface area contributed by atoms with E-state index < -0.39 is 24.3 Å². The molecule has 0 aromatic rings. The molecule has 0 aliphatic heterocycles. The number of hydrogen-bond acceptors (Lipinski definition) is 4. The third-order valence-corrected chi connectivity index (χ3v) is 3.74. The van der Waals surface area contributed by atoms with Crippen LogP contribution in [0.3, 0.4) is 0 Å².